The molecule has 1 aliphatic rings. The molecule has 5 rings (SSSR count). The van der Waals surface area contributed by atoms with Crippen LogP contribution in [0.3, 0.4) is 0 Å². The molecular formula is C26H18N4O8S. The van der Waals surface area contributed by atoms with Gasteiger partial charge in [0.25, 0.3) is 33.2 Å². The van der Waals surface area contributed by atoms with Crippen LogP contribution in [0.5, 0.6) is 0 Å². The Morgan fingerprint density at radius 1 is 0.795 bits per heavy atom. The van der Waals surface area contributed by atoms with Gasteiger partial charge in [-0.3, -0.25) is 34.5 Å². The van der Waals surface area contributed by atoms with E-state index in [0.29, 0.717) is 10.6 Å². The molecule has 0 bridgehead atoms. The van der Waals surface area contributed by atoms with Crippen molar-refractivity contribution in [3.05, 3.63) is 110 Å². The summed E-state index contributed by atoms with van der Waals surface area (Å²) in [5, 5.41) is 23.0. The number of carbonyl (C=O) groups is 2. The fourth-order valence-electron chi connectivity index (χ4n) is 4.40. The Hall–Kier alpha value is -5.17. The number of aryl methyl sites for hydroxylation is 1. The zero-order valence-electron chi connectivity index (χ0n) is 20.2. The summed E-state index contributed by atoms with van der Waals surface area (Å²) < 4.78 is 28.2. The zero-order valence-corrected chi connectivity index (χ0v) is 21.0. The van der Waals surface area contributed by atoms with Crippen LogP contribution in [0, 0.1) is 20.2 Å². The number of nitro benzene ring substituents is 2. The number of sulfonamides is 1. The van der Waals surface area contributed by atoms with E-state index < -0.39 is 43.1 Å². The average molecular weight is 547 g/mol. The van der Waals surface area contributed by atoms with Crippen LogP contribution in [0.2, 0.25) is 0 Å². The van der Waals surface area contributed by atoms with Crippen LogP contribution in [0.15, 0.2) is 77.7 Å². The second-order valence-electron chi connectivity index (χ2n) is 8.69. The van der Waals surface area contributed by atoms with Gasteiger partial charge in [-0.05, 0) is 53.8 Å². The molecule has 0 spiro atoms. The molecule has 4 aromatic carbocycles. The number of nitro groups is 2. The number of hydrogen-bond donors (Lipinski definition) is 1. The van der Waals surface area contributed by atoms with Crippen molar-refractivity contribution in [3.63, 3.8) is 0 Å². The van der Waals surface area contributed by atoms with Crippen molar-refractivity contribution < 1.29 is 27.9 Å². The van der Waals surface area contributed by atoms with Crippen molar-refractivity contribution in [1.82, 2.24) is 0 Å². The van der Waals surface area contributed by atoms with E-state index in [1.54, 1.807) is 24.3 Å². The Labute approximate surface area is 220 Å². The number of rotatable bonds is 7. The molecule has 13 heteroatoms. The molecule has 0 fully saturated rings. The van der Waals surface area contributed by atoms with Gasteiger partial charge in [0.2, 0.25) is 0 Å². The number of hydrogen-bond acceptors (Lipinski definition) is 8. The second-order valence-corrected chi connectivity index (χ2v) is 10.4. The van der Waals surface area contributed by atoms with Gasteiger partial charge in [-0.25, -0.2) is 13.3 Å². The molecule has 0 aliphatic carbocycles. The van der Waals surface area contributed by atoms with Crippen molar-refractivity contribution in [1.29, 1.82) is 0 Å². The third kappa shape index (κ3) is 4.44. The number of nitrogens with one attached hydrogen (secondary N) is 1. The average Bonchev–Trinajstić information content (AvgIpc) is 2.91. The molecule has 2 amide bonds. The first-order valence-electron chi connectivity index (χ1n) is 11.5. The van der Waals surface area contributed by atoms with Gasteiger partial charge in [-0.1, -0.05) is 19.1 Å². The van der Waals surface area contributed by atoms with Crippen LogP contribution in [0.25, 0.3) is 10.8 Å². The quantitative estimate of drug-likeness (QED) is 0.195. The lowest BCUT2D eigenvalue weighted by molar-refractivity contribution is -0.385. The van der Waals surface area contributed by atoms with Gasteiger partial charge in [-0.2, -0.15) is 0 Å². The minimum atomic E-state index is -4.01. The maximum absolute atomic E-state index is 13.4. The van der Waals surface area contributed by atoms with Crippen LogP contribution in [-0.4, -0.2) is 30.1 Å². The molecule has 39 heavy (non-hydrogen) atoms. The summed E-state index contributed by atoms with van der Waals surface area (Å²) in [4.78, 5) is 48.8. The lowest BCUT2D eigenvalue weighted by Gasteiger charge is -2.27. The number of carbonyl (C=O) groups excluding carboxylic acids is 2. The zero-order chi connectivity index (χ0) is 28.1. The molecule has 1 heterocycles. The van der Waals surface area contributed by atoms with Gasteiger partial charge in [-0.15, -0.1) is 0 Å². The van der Waals surface area contributed by atoms with Crippen LogP contribution < -0.4 is 9.62 Å². The Morgan fingerprint density at radius 2 is 1.31 bits per heavy atom. The number of amides is 2. The highest BCUT2D eigenvalue weighted by Gasteiger charge is 2.37. The Bertz CT molecular complexity index is 1750. The van der Waals surface area contributed by atoms with Crippen molar-refractivity contribution in [2.45, 2.75) is 18.2 Å². The summed E-state index contributed by atoms with van der Waals surface area (Å²) in [6, 6.07) is 15.9. The predicted molar refractivity (Wildman–Crippen MR) is 141 cm³/mol. The van der Waals surface area contributed by atoms with Crippen molar-refractivity contribution in [3.8, 4) is 0 Å². The highest BCUT2D eigenvalue weighted by molar-refractivity contribution is 7.92. The van der Waals surface area contributed by atoms with E-state index in [9.17, 15) is 38.2 Å². The molecule has 0 aromatic heterocycles. The summed E-state index contributed by atoms with van der Waals surface area (Å²) in [6.45, 7) is 1.97. The highest BCUT2D eigenvalue weighted by Crippen LogP contribution is 2.38. The molecular weight excluding hydrogens is 528 g/mol. The van der Waals surface area contributed by atoms with Gasteiger partial charge in [0.1, 0.15) is 0 Å². The molecule has 12 nitrogen and oxygen atoms in total. The summed E-state index contributed by atoms with van der Waals surface area (Å²) >= 11 is 0. The summed E-state index contributed by atoms with van der Waals surface area (Å²) in [5.74, 6) is -1.78. The molecule has 0 radical (unpaired) electrons. The summed E-state index contributed by atoms with van der Waals surface area (Å²) in [7, 11) is -4.01. The lowest BCUT2D eigenvalue weighted by Crippen LogP contribution is -2.40. The summed E-state index contributed by atoms with van der Waals surface area (Å²) in [5.41, 5.74) is 0.0389. The second kappa shape index (κ2) is 9.29. The molecule has 196 valence electrons. The molecule has 1 aliphatic heterocycles. The van der Waals surface area contributed by atoms with E-state index in [-0.39, 0.29) is 32.5 Å². The maximum Gasteiger partial charge on any atom is 0.270 e. The number of non-ortho nitro benzene ring substituents is 2. The van der Waals surface area contributed by atoms with E-state index in [1.807, 2.05) is 6.92 Å². The molecule has 0 saturated heterocycles. The Kier molecular flexibility index (Phi) is 6.07. The van der Waals surface area contributed by atoms with Crippen LogP contribution >= 0.6 is 0 Å². The van der Waals surface area contributed by atoms with Crippen molar-refractivity contribution in [2.75, 3.05) is 9.62 Å². The normalized spacial score (nSPS) is 13.0. The van der Waals surface area contributed by atoms with E-state index in [0.717, 1.165) is 36.2 Å². The van der Waals surface area contributed by atoms with Crippen LogP contribution in [0.1, 0.15) is 33.2 Å². The first kappa shape index (κ1) is 25.5. The monoisotopic (exact) mass is 546 g/mol. The SMILES string of the molecule is CCc1ccc(NS(=O)(=O)c2ccc(N3C(=O)c4cc([N+](=O)[O-])cc5cc([N+](=O)[O-])cc(c45)C3=O)cc2)cc1. The number of imide groups is 1. The van der Waals surface area contributed by atoms with E-state index in [4.69, 9.17) is 0 Å². The van der Waals surface area contributed by atoms with Crippen LogP contribution in [-0.2, 0) is 16.4 Å². The lowest BCUT2D eigenvalue weighted by atomic mass is 9.92. The topological polar surface area (TPSA) is 170 Å². The van der Waals surface area contributed by atoms with E-state index >= 15 is 0 Å². The number of benzene rings is 4. The van der Waals surface area contributed by atoms with E-state index in [1.165, 1.54) is 24.3 Å². The fourth-order valence-corrected chi connectivity index (χ4v) is 5.46. The first-order valence-corrected chi connectivity index (χ1v) is 13.0. The van der Waals surface area contributed by atoms with Gasteiger partial charge >= 0.3 is 0 Å². The highest BCUT2D eigenvalue weighted by atomic mass is 32.2. The third-order valence-corrected chi connectivity index (χ3v) is 7.72. The molecule has 4 aromatic rings. The van der Waals surface area contributed by atoms with Crippen molar-refractivity contribution in [2.24, 2.45) is 0 Å². The molecule has 0 unspecified atom stereocenters. The maximum atomic E-state index is 13.4. The Balaban J connectivity index is 1.54. The molecule has 1 N–H and O–H groups in total. The number of anilines is 2. The predicted octanol–water partition coefficient (Wildman–Crippen LogP) is 4.82. The van der Waals surface area contributed by atoms with Gasteiger partial charge < -0.3 is 0 Å². The van der Waals surface area contributed by atoms with Crippen molar-refractivity contribution >= 4 is 55.4 Å². The minimum Gasteiger partial charge on any atom is -0.280 e. The van der Waals surface area contributed by atoms with E-state index in [2.05, 4.69) is 4.72 Å². The molecule has 0 saturated carbocycles. The first-order chi connectivity index (χ1) is 18.5. The molecule has 0 atom stereocenters. The van der Waals surface area contributed by atoms with Gasteiger partial charge in [0, 0.05) is 35.3 Å². The Morgan fingerprint density at radius 3 is 1.77 bits per heavy atom. The fraction of sp³-hybridized carbons (Fsp3) is 0.0769. The smallest absolute Gasteiger partial charge is 0.270 e. The third-order valence-electron chi connectivity index (χ3n) is 6.33. The summed E-state index contributed by atoms with van der Waals surface area (Å²) in [6.07, 6.45) is 0.794. The minimum absolute atomic E-state index is 0.00392. The number of nitrogens with zero attached hydrogens (tertiary/aromatic N) is 3. The standard InChI is InChI=1S/C26H18N4O8S/c1-2-15-3-5-17(6-4-15)27-39(37,38)21-9-7-18(8-10-21)28-25(31)22-13-19(29(33)34)11-16-12-20(30(35)36)14-23(24(16)22)26(28)32/h3-14,27H,2H2,1H3. The van der Waals surface area contributed by atoms with Crippen LogP contribution in [0.4, 0.5) is 22.7 Å². The van der Waals surface area contributed by atoms with Gasteiger partial charge in [0.15, 0.2) is 0 Å². The van der Waals surface area contributed by atoms with Gasteiger partial charge in [0.05, 0.1) is 31.6 Å². The largest absolute Gasteiger partial charge is 0.280 e.